The Morgan fingerprint density at radius 1 is 0.889 bits per heavy atom. The maximum Gasteiger partial charge on any atom is -0.00489 e. The molecule has 0 saturated carbocycles. The van der Waals surface area contributed by atoms with Crippen molar-refractivity contribution in [2.75, 3.05) is 13.1 Å². The summed E-state index contributed by atoms with van der Waals surface area (Å²) in [5.74, 6) is 0. The molecule has 0 atom stereocenters. The normalized spacial score (nSPS) is 10.0. The second-order valence-corrected chi connectivity index (χ2v) is 2.46. The standard InChI is InChI=1S/C8H19N/c1-3-5-6-8-9-7-4-2/h9H,3-8H2,1-2H3. The van der Waals surface area contributed by atoms with Crippen LogP contribution in [0, 0.1) is 0 Å². The summed E-state index contributed by atoms with van der Waals surface area (Å²) in [7, 11) is 0. The smallest absolute Gasteiger partial charge is 0.00489 e. The Balaban J connectivity index is 2.60. The van der Waals surface area contributed by atoms with Gasteiger partial charge in [-0.15, -0.1) is 0 Å². The van der Waals surface area contributed by atoms with Gasteiger partial charge < -0.3 is 5.32 Å². The molecular weight excluding hydrogens is 110 g/mol. The fourth-order valence-corrected chi connectivity index (χ4v) is 0.802. The third kappa shape index (κ3) is 7.96. The molecule has 0 aliphatic rings. The van der Waals surface area contributed by atoms with Crippen molar-refractivity contribution in [2.24, 2.45) is 0 Å². The van der Waals surface area contributed by atoms with Crippen molar-refractivity contribution >= 4 is 0 Å². The molecule has 0 bridgehead atoms. The lowest BCUT2D eigenvalue weighted by Gasteiger charge is -1.99. The fourth-order valence-electron chi connectivity index (χ4n) is 0.802. The summed E-state index contributed by atoms with van der Waals surface area (Å²) in [5, 5.41) is 3.37. The van der Waals surface area contributed by atoms with Crippen molar-refractivity contribution in [1.82, 2.24) is 5.32 Å². The zero-order valence-electron chi connectivity index (χ0n) is 6.74. The molecule has 1 nitrogen and oxygen atoms in total. The minimum Gasteiger partial charge on any atom is -0.317 e. The molecule has 0 spiro atoms. The van der Waals surface area contributed by atoms with E-state index in [1.807, 2.05) is 0 Å². The van der Waals surface area contributed by atoms with Crippen molar-refractivity contribution in [1.29, 1.82) is 0 Å². The fraction of sp³-hybridized carbons (Fsp3) is 1.00. The molecule has 0 heterocycles. The monoisotopic (exact) mass is 129 g/mol. The van der Waals surface area contributed by atoms with E-state index in [0.717, 1.165) is 0 Å². The molecule has 9 heavy (non-hydrogen) atoms. The van der Waals surface area contributed by atoms with Crippen LogP contribution in [-0.2, 0) is 0 Å². The highest BCUT2D eigenvalue weighted by Gasteiger charge is 1.83. The van der Waals surface area contributed by atoms with Gasteiger partial charge in [-0.2, -0.15) is 0 Å². The van der Waals surface area contributed by atoms with E-state index in [1.54, 1.807) is 0 Å². The first-order chi connectivity index (χ1) is 4.41. The van der Waals surface area contributed by atoms with Crippen molar-refractivity contribution < 1.29 is 0 Å². The van der Waals surface area contributed by atoms with Crippen molar-refractivity contribution in [3.8, 4) is 0 Å². The van der Waals surface area contributed by atoms with E-state index < -0.39 is 0 Å². The molecule has 0 radical (unpaired) electrons. The summed E-state index contributed by atoms with van der Waals surface area (Å²) in [5.41, 5.74) is 0. The summed E-state index contributed by atoms with van der Waals surface area (Å²) in [6.45, 7) is 6.83. The van der Waals surface area contributed by atoms with E-state index in [2.05, 4.69) is 19.2 Å². The van der Waals surface area contributed by atoms with Gasteiger partial charge in [0, 0.05) is 0 Å². The average Bonchev–Trinajstić information content (AvgIpc) is 1.89. The Labute approximate surface area is 58.8 Å². The molecule has 0 fully saturated rings. The SMILES string of the molecule is CCCCCNCCC. The van der Waals surface area contributed by atoms with Crippen molar-refractivity contribution in [3.05, 3.63) is 0 Å². The Bertz CT molecular complexity index is 37.8. The molecule has 0 aliphatic heterocycles. The zero-order chi connectivity index (χ0) is 6.95. The molecule has 0 aromatic rings. The van der Waals surface area contributed by atoms with Crippen LogP contribution in [0.3, 0.4) is 0 Å². The van der Waals surface area contributed by atoms with Gasteiger partial charge in [-0.05, 0) is 25.9 Å². The molecule has 0 saturated heterocycles. The number of unbranched alkanes of at least 4 members (excludes halogenated alkanes) is 2. The third-order valence-electron chi connectivity index (χ3n) is 1.38. The summed E-state index contributed by atoms with van der Waals surface area (Å²) in [6.07, 6.45) is 5.30. The second-order valence-electron chi connectivity index (χ2n) is 2.46. The van der Waals surface area contributed by atoms with Gasteiger partial charge >= 0.3 is 0 Å². The molecule has 56 valence electrons. The first-order valence-electron chi connectivity index (χ1n) is 4.12. The van der Waals surface area contributed by atoms with E-state index in [-0.39, 0.29) is 0 Å². The van der Waals surface area contributed by atoms with Gasteiger partial charge in [0.25, 0.3) is 0 Å². The van der Waals surface area contributed by atoms with Crippen LogP contribution in [0.1, 0.15) is 39.5 Å². The first kappa shape index (κ1) is 8.96. The molecule has 1 heteroatoms. The zero-order valence-corrected chi connectivity index (χ0v) is 6.74. The largest absolute Gasteiger partial charge is 0.317 e. The van der Waals surface area contributed by atoms with E-state index in [0.29, 0.717) is 0 Å². The second kappa shape index (κ2) is 7.96. The molecular formula is C8H19N. The van der Waals surface area contributed by atoms with Crippen LogP contribution in [0.5, 0.6) is 0 Å². The molecule has 1 N–H and O–H groups in total. The van der Waals surface area contributed by atoms with Crippen molar-refractivity contribution in [2.45, 2.75) is 39.5 Å². The Morgan fingerprint density at radius 3 is 2.22 bits per heavy atom. The molecule has 0 rings (SSSR count). The van der Waals surface area contributed by atoms with Gasteiger partial charge in [0.05, 0.1) is 0 Å². The summed E-state index contributed by atoms with van der Waals surface area (Å²) >= 11 is 0. The van der Waals surface area contributed by atoms with Crippen LogP contribution in [0.2, 0.25) is 0 Å². The average molecular weight is 129 g/mol. The van der Waals surface area contributed by atoms with E-state index in [1.165, 1.54) is 38.8 Å². The summed E-state index contributed by atoms with van der Waals surface area (Å²) < 4.78 is 0. The van der Waals surface area contributed by atoms with E-state index >= 15 is 0 Å². The highest BCUT2D eigenvalue weighted by atomic mass is 14.8. The molecule has 0 aromatic heterocycles. The third-order valence-corrected chi connectivity index (χ3v) is 1.38. The van der Waals surface area contributed by atoms with Gasteiger partial charge in [-0.3, -0.25) is 0 Å². The number of rotatable bonds is 6. The summed E-state index contributed by atoms with van der Waals surface area (Å²) in [4.78, 5) is 0. The number of hydrogen-bond acceptors (Lipinski definition) is 1. The molecule has 0 unspecified atom stereocenters. The van der Waals surface area contributed by atoms with E-state index in [4.69, 9.17) is 0 Å². The minimum atomic E-state index is 1.18. The predicted octanol–water partition coefficient (Wildman–Crippen LogP) is 2.18. The molecule has 0 aliphatic carbocycles. The van der Waals surface area contributed by atoms with Crippen LogP contribution in [0.15, 0.2) is 0 Å². The van der Waals surface area contributed by atoms with Crippen LogP contribution in [0.4, 0.5) is 0 Å². The highest BCUT2D eigenvalue weighted by Crippen LogP contribution is 1.90. The molecule has 0 aromatic carbocycles. The van der Waals surface area contributed by atoms with Gasteiger partial charge in [-0.25, -0.2) is 0 Å². The lowest BCUT2D eigenvalue weighted by atomic mass is 10.2. The topological polar surface area (TPSA) is 12.0 Å². The maximum atomic E-state index is 3.37. The predicted molar refractivity (Wildman–Crippen MR) is 42.7 cm³/mol. The Kier molecular flexibility index (Phi) is 7.92. The lowest BCUT2D eigenvalue weighted by molar-refractivity contribution is 0.611. The Hall–Kier alpha value is -0.0400. The van der Waals surface area contributed by atoms with Crippen LogP contribution >= 0.6 is 0 Å². The quantitative estimate of drug-likeness (QED) is 0.542. The summed E-state index contributed by atoms with van der Waals surface area (Å²) in [6, 6.07) is 0. The lowest BCUT2D eigenvalue weighted by Crippen LogP contribution is -2.15. The van der Waals surface area contributed by atoms with Gasteiger partial charge in [-0.1, -0.05) is 26.7 Å². The number of hydrogen-bond donors (Lipinski definition) is 1. The van der Waals surface area contributed by atoms with Gasteiger partial charge in [0.15, 0.2) is 0 Å². The van der Waals surface area contributed by atoms with Crippen LogP contribution in [-0.4, -0.2) is 13.1 Å². The van der Waals surface area contributed by atoms with Crippen LogP contribution < -0.4 is 5.32 Å². The maximum absolute atomic E-state index is 3.37. The van der Waals surface area contributed by atoms with E-state index in [9.17, 15) is 0 Å². The Morgan fingerprint density at radius 2 is 1.67 bits per heavy atom. The first-order valence-corrected chi connectivity index (χ1v) is 4.12. The minimum absolute atomic E-state index is 1.18. The van der Waals surface area contributed by atoms with Crippen LogP contribution in [0.25, 0.3) is 0 Å². The van der Waals surface area contributed by atoms with Gasteiger partial charge in [0.2, 0.25) is 0 Å². The highest BCUT2D eigenvalue weighted by molar-refractivity contribution is 4.45. The van der Waals surface area contributed by atoms with Crippen molar-refractivity contribution in [3.63, 3.8) is 0 Å². The molecule has 0 amide bonds. The number of nitrogens with one attached hydrogen (secondary N) is 1. The van der Waals surface area contributed by atoms with Gasteiger partial charge in [0.1, 0.15) is 0 Å².